The summed E-state index contributed by atoms with van der Waals surface area (Å²) < 4.78 is 5.32. The van der Waals surface area contributed by atoms with E-state index in [4.69, 9.17) is 16.3 Å². The van der Waals surface area contributed by atoms with Crippen LogP contribution in [0.25, 0.3) is 0 Å². The van der Waals surface area contributed by atoms with Crippen LogP contribution in [-0.4, -0.2) is 24.2 Å². The van der Waals surface area contributed by atoms with E-state index in [1.165, 1.54) is 17.8 Å². The third kappa shape index (κ3) is 6.01. The number of allylic oxidation sites excluding steroid dienone is 2. The van der Waals surface area contributed by atoms with Crippen molar-refractivity contribution in [1.82, 2.24) is 5.32 Å². The van der Waals surface area contributed by atoms with Crippen LogP contribution in [-0.2, 0) is 14.3 Å². The lowest BCUT2D eigenvalue weighted by Crippen LogP contribution is -2.29. The van der Waals surface area contributed by atoms with Gasteiger partial charge in [0.15, 0.2) is 0 Å². The number of anilines is 1. The van der Waals surface area contributed by atoms with E-state index in [1.54, 1.807) is 31.2 Å². The van der Waals surface area contributed by atoms with Crippen molar-refractivity contribution < 1.29 is 14.3 Å². The van der Waals surface area contributed by atoms with Gasteiger partial charge < -0.3 is 15.4 Å². The summed E-state index contributed by atoms with van der Waals surface area (Å²) >= 11 is 7.69. The van der Waals surface area contributed by atoms with E-state index >= 15 is 0 Å². The maximum absolute atomic E-state index is 13.0. The molecule has 0 spiro atoms. The summed E-state index contributed by atoms with van der Waals surface area (Å²) in [4.78, 5) is 25.8. The Morgan fingerprint density at radius 2 is 1.89 bits per heavy atom. The fourth-order valence-electron chi connectivity index (χ4n) is 4.22. The van der Waals surface area contributed by atoms with E-state index in [2.05, 4.69) is 23.3 Å². The highest BCUT2D eigenvalue weighted by Gasteiger charge is 2.36. The van der Waals surface area contributed by atoms with Gasteiger partial charge in [0, 0.05) is 16.4 Å². The van der Waals surface area contributed by atoms with Crippen LogP contribution in [0.2, 0.25) is 5.02 Å². The van der Waals surface area contributed by atoms with Crippen LogP contribution >= 0.6 is 23.4 Å². The zero-order chi connectivity index (χ0) is 26.4. The molecular formula is C28H28ClN3O3S. The zero-order valence-corrected chi connectivity index (χ0v) is 22.3. The third-order valence-electron chi connectivity index (χ3n) is 5.70. The maximum atomic E-state index is 13.0. The second-order valence-corrected chi connectivity index (χ2v) is 9.86. The molecule has 1 aliphatic rings. The molecule has 1 atom stereocenters. The third-order valence-corrected chi connectivity index (χ3v) is 7.07. The number of nitrogens with zero attached hydrogens (tertiary/aromatic N) is 1. The lowest BCUT2D eigenvalue weighted by Gasteiger charge is -2.29. The van der Waals surface area contributed by atoms with Crippen LogP contribution in [0, 0.1) is 32.1 Å². The summed E-state index contributed by atoms with van der Waals surface area (Å²) in [7, 11) is 0. The highest BCUT2D eigenvalue weighted by molar-refractivity contribution is 8.03. The fourth-order valence-corrected chi connectivity index (χ4v) is 5.36. The van der Waals surface area contributed by atoms with Crippen molar-refractivity contribution in [2.45, 2.75) is 33.6 Å². The SMILES string of the molecule is C=CCOC(=O)C1=C(C)NC(SCC(=O)Nc2c(C)cc(C)cc2C)=C(C#N)[C@H]1c1ccccc1Cl. The van der Waals surface area contributed by atoms with E-state index in [0.29, 0.717) is 32.5 Å². The van der Waals surface area contributed by atoms with E-state index < -0.39 is 11.9 Å². The smallest absolute Gasteiger partial charge is 0.337 e. The van der Waals surface area contributed by atoms with Gasteiger partial charge in [0.05, 0.1) is 33.9 Å². The number of hydrogen-bond donors (Lipinski definition) is 2. The molecular weight excluding hydrogens is 494 g/mol. The van der Waals surface area contributed by atoms with Crippen molar-refractivity contribution in [3.05, 3.63) is 98.2 Å². The summed E-state index contributed by atoms with van der Waals surface area (Å²) in [6.07, 6.45) is 1.48. The van der Waals surface area contributed by atoms with Crippen molar-refractivity contribution in [2.75, 3.05) is 17.7 Å². The molecule has 1 amide bonds. The summed E-state index contributed by atoms with van der Waals surface area (Å²) in [5.41, 5.74) is 5.60. The van der Waals surface area contributed by atoms with Gasteiger partial charge in [-0.05, 0) is 50.5 Å². The van der Waals surface area contributed by atoms with Crippen molar-refractivity contribution in [2.24, 2.45) is 0 Å². The van der Waals surface area contributed by atoms with Gasteiger partial charge in [-0.25, -0.2) is 4.79 Å². The molecule has 0 saturated heterocycles. The Morgan fingerprint density at radius 3 is 2.50 bits per heavy atom. The zero-order valence-electron chi connectivity index (χ0n) is 20.7. The monoisotopic (exact) mass is 521 g/mol. The number of carbonyl (C=O) groups is 2. The van der Waals surface area contributed by atoms with Crippen LogP contribution in [0.4, 0.5) is 5.69 Å². The van der Waals surface area contributed by atoms with Gasteiger partial charge in [0.1, 0.15) is 6.61 Å². The lowest BCUT2D eigenvalue weighted by atomic mass is 9.82. The first kappa shape index (κ1) is 27.1. The average Bonchev–Trinajstić information content (AvgIpc) is 2.83. The minimum absolute atomic E-state index is 0.0378. The molecule has 1 aliphatic heterocycles. The number of aryl methyl sites for hydroxylation is 3. The Kier molecular flexibility index (Phi) is 9.03. The number of benzene rings is 2. The minimum Gasteiger partial charge on any atom is -0.458 e. The standard InChI is InChI=1S/C28H28ClN3O3S/c1-6-11-35-28(34)24-19(5)31-27(21(14-30)25(24)20-9-7-8-10-22(20)29)36-15-23(33)32-26-17(3)12-16(2)13-18(26)4/h6-10,12-13,25,31H,1,11,15H2,2-5H3,(H,32,33)/t25-/m1/s1. The number of amides is 1. The van der Waals surface area contributed by atoms with Crippen molar-refractivity contribution in [3.63, 3.8) is 0 Å². The predicted molar refractivity (Wildman–Crippen MR) is 146 cm³/mol. The van der Waals surface area contributed by atoms with E-state index in [-0.39, 0.29) is 18.3 Å². The molecule has 2 aromatic rings. The predicted octanol–water partition coefficient (Wildman–Crippen LogP) is 6.06. The molecule has 1 heterocycles. The molecule has 2 N–H and O–H groups in total. The van der Waals surface area contributed by atoms with Crippen molar-refractivity contribution >= 4 is 40.9 Å². The molecule has 36 heavy (non-hydrogen) atoms. The second kappa shape index (κ2) is 12.0. The van der Waals surface area contributed by atoms with Crippen LogP contribution < -0.4 is 10.6 Å². The molecule has 186 valence electrons. The number of hydrogen-bond acceptors (Lipinski definition) is 6. The molecule has 0 bridgehead atoms. The van der Waals surface area contributed by atoms with Crippen LogP contribution in [0.5, 0.6) is 0 Å². The quantitative estimate of drug-likeness (QED) is 0.324. The van der Waals surface area contributed by atoms with Crippen LogP contribution in [0.15, 0.2) is 70.9 Å². The number of carbonyl (C=O) groups excluding carboxylic acids is 2. The lowest BCUT2D eigenvalue weighted by molar-refractivity contribution is -0.138. The normalized spacial score (nSPS) is 15.2. The number of thioether (sulfide) groups is 1. The van der Waals surface area contributed by atoms with Crippen LogP contribution in [0.3, 0.4) is 0 Å². The number of esters is 1. The van der Waals surface area contributed by atoms with Gasteiger partial charge in [-0.1, -0.05) is 71.9 Å². The summed E-state index contributed by atoms with van der Waals surface area (Å²) in [6, 6.07) is 13.3. The molecule has 6 nitrogen and oxygen atoms in total. The van der Waals surface area contributed by atoms with Gasteiger partial charge in [0.2, 0.25) is 5.91 Å². The van der Waals surface area contributed by atoms with Gasteiger partial charge >= 0.3 is 5.97 Å². The second-order valence-electron chi connectivity index (χ2n) is 8.47. The van der Waals surface area contributed by atoms with Gasteiger partial charge in [-0.15, -0.1) is 0 Å². The molecule has 3 rings (SSSR count). The molecule has 8 heteroatoms. The minimum atomic E-state index is -0.741. The topological polar surface area (TPSA) is 91.2 Å². The van der Waals surface area contributed by atoms with E-state index in [9.17, 15) is 14.9 Å². The van der Waals surface area contributed by atoms with E-state index in [0.717, 1.165) is 22.4 Å². The number of dihydropyridines is 1. The number of nitriles is 1. The van der Waals surface area contributed by atoms with Gasteiger partial charge in [-0.3, -0.25) is 4.79 Å². The van der Waals surface area contributed by atoms with Gasteiger partial charge in [0.25, 0.3) is 0 Å². The summed E-state index contributed by atoms with van der Waals surface area (Å²) in [5, 5.41) is 17.2. The summed E-state index contributed by atoms with van der Waals surface area (Å²) in [5.74, 6) is -1.44. The molecule has 2 aromatic carbocycles. The van der Waals surface area contributed by atoms with E-state index in [1.807, 2.05) is 32.9 Å². The molecule has 0 aromatic heterocycles. The largest absolute Gasteiger partial charge is 0.458 e. The average molecular weight is 522 g/mol. The Labute approximate surface area is 221 Å². The van der Waals surface area contributed by atoms with Crippen molar-refractivity contribution in [1.29, 1.82) is 5.26 Å². The molecule has 0 aliphatic carbocycles. The molecule has 0 saturated carbocycles. The fraction of sp³-hybridized carbons (Fsp3) is 0.250. The molecule has 0 unspecified atom stereocenters. The highest BCUT2D eigenvalue weighted by Crippen LogP contribution is 2.43. The number of rotatable bonds is 8. The maximum Gasteiger partial charge on any atom is 0.337 e. The first-order chi connectivity index (χ1) is 17.2. The van der Waals surface area contributed by atoms with Crippen LogP contribution in [0.1, 0.15) is 35.1 Å². The number of halogens is 1. The molecule has 0 fully saturated rings. The Bertz CT molecular complexity index is 1300. The summed E-state index contributed by atoms with van der Waals surface area (Å²) in [6.45, 7) is 11.3. The van der Waals surface area contributed by atoms with Gasteiger partial charge in [-0.2, -0.15) is 5.26 Å². The first-order valence-electron chi connectivity index (χ1n) is 11.3. The Morgan fingerprint density at radius 1 is 1.22 bits per heavy atom. The number of ether oxygens (including phenoxy) is 1. The number of nitrogens with one attached hydrogen (secondary N) is 2. The Hall–Kier alpha value is -3.47. The Balaban J connectivity index is 1.92. The van der Waals surface area contributed by atoms with Crippen molar-refractivity contribution in [3.8, 4) is 6.07 Å². The molecule has 0 radical (unpaired) electrons. The highest BCUT2D eigenvalue weighted by atomic mass is 35.5. The first-order valence-corrected chi connectivity index (χ1v) is 12.7.